The molecule has 11 atom stereocenters. The van der Waals surface area contributed by atoms with Crippen LogP contribution in [0, 0.1) is 56.7 Å². The lowest BCUT2D eigenvalue weighted by molar-refractivity contribution is -0.237. The molecule has 0 spiro atoms. The summed E-state index contributed by atoms with van der Waals surface area (Å²) in [6, 6.07) is 0. The Hall–Kier alpha value is -0.870. The molecule has 0 heterocycles. The number of aliphatic hydroxyl groups excluding tert-OH is 1. The Labute approximate surface area is 213 Å². The summed E-state index contributed by atoms with van der Waals surface area (Å²) in [5.41, 5.74) is 0.997. The van der Waals surface area contributed by atoms with Crippen LogP contribution in [0.2, 0.25) is 0 Å². The number of rotatable bonds is 2. The van der Waals surface area contributed by atoms with Gasteiger partial charge in [-0.2, -0.15) is 0 Å². The van der Waals surface area contributed by atoms with E-state index in [4.69, 9.17) is 4.74 Å². The molecule has 0 saturated heterocycles. The van der Waals surface area contributed by atoms with E-state index in [1.54, 1.807) is 7.11 Å². The van der Waals surface area contributed by atoms with Gasteiger partial charge in [0, 0.05) is 7.11 Å². The Morgan fingerprint density at radius 3 is 2.31 bits per heavy atom. The molecule has 35 heavy (non-hydrogen) atoms. The quantitative estimate of drug-likeness (QED) is 0.426. The number of carbonyl (C=O) groups is 1. The van der Waals surface area contributed by atoms with E-state index in [0.29, 0.717) is 23.7 Å². The van der Waals surface area contributed by atoms with Crippen molar-refractivity contribution in [2.45, 2.75) is 112 Å². The maximum absolute atomic E-state index is 12.8. The van der Waals surface area contributed by atoms with E-state index in [9.17, 15) is 15.0 Å². The first-order valence-corrected chi connectivity index (χ1v) is 14.4. The van der Waals surface area contributed by atoms with E-state index in [2.05, 4.69) is 54.5 Å². The molecule has 11 unspecified atom stereocenters. The van der Waals surface area contributed by atoms with Crippen molar-refractivity contribution in [2.24, 2.45) is 56.7 Å². The van der Waals surface area contributed by atoms with Crippen LogP contribution in [0.5, 0.6) is 0 Å². The van der Waals surface area contributed by atoms with Crippen LogP contribution in [0.1, 0.15) is 99.8 Å². The molecule has 5 aliphatic rings. The lowest BCUT2D eigenvalue weighted by Gasteiger charge is -2.71. The SMILES string of the molecule is COC1C(O)CC2(C)C(CCC3(C)C2CC=C2C4C(C)C(C)CCC4(C(=O)O)CCC23C)C1(C)C. The Bertz CT molecular complexity index is 923. The van der Waals surface area contributed by atoms with Gasteiger partial charge in [-0.05, 0) is 103 Å². The van der Waals surface area contributed by atoms with E-state index in [1.165, 1.54) is 12.0 Å². The van der Waals surface area contributed by atoms with Gasteiger partial charge in [-0.15, -0.1) is 0 Å². The number of ether oxygens (including phenoxy) is 1. The molecule has 4 heteroatoms. The number of methoxy groups -OCH3 is 1. The number of fused-ring (bicyclic) bond motifs is 7. The predicted octanol–water partition coefficient (Wildman–Crippen LogP) is 6.71. The summed E-state index contributed by atoms with van der Waals surface area (Å²) in [7, 11) is 1.75. The van der Waals surface area contributed by atoms with Gasteiger partial charge in [0.1, 0.15) is 0 Å². The van der Waals surface area contributed by atoms with Crippen LogP contribution in [0.4, 0.5) is 0 Å². The molecule has 0 bridgehead atoms. The van der Waals surface area contributed by atoms with Crippen molar-refractivity contribution >= 4 is 5.97 Å². The summed E-state index contributed by atoms with van der Waals surface area (Å²) in [5.74, 6) is 1.55. The standard InChI is InChI=1S/C31H50O4/c1-18-11-14-31(26(33)34)16-15-29(6)20(24(31)19(18)2)9-10-23-28(5)17-21(32)25(35-8)27(3,4)22(28)12-13-30(23,29)7/h9,18-19,21-25,32H,10-17H2,1-8H3,(H,33,34). The number of allylic oxidation sites excluding steroid dienone is 2. The number of carboxylic acids is 1. The molecule has 5 rings (SSSR count). The van der Waals surface area contributed by atoms with Crippen molar-refractivity contribution < 1.29 is 19.7 Å². The predicted molar refractivity (Wildman–Crippen MR) is 139 cm³/mol. The molecule has 0 amide bonds. The Kier molecular flexibility index (Phi) is 5.76. The smallest absolute Gasteiger partial charge is 0.310 e. The van der Waals surface area contributed by atoms with Crippen molar-refractivity contribution in [1.82, 2.24) is 0 Å². The van der Waals surface area contributed by atoms with Crippen LogP contribution >= 0.6 is 0 Å². The zero-order valence-corrected chi connectivity index (χ0v) is 23.5. The van der Waals surface area contributed by atoms with Crippen LogP contribution in [0.25, 0.3) is 0 Å². The first kappa shape index (κ1) is 25.8. The fourth-order valence-corrected chi connectivity index (χ4v) is 11.4. The summed E-state index contributed by atoms with van der Waals surface area (Å²) in [6.45, 7) is 16.8. The second kappa shape index (κ2) is 7.82. The van der Waals surface area contributed by atoms with Crippen LogP contribution in [-0.2, 0) is 9.53 Å². The van der Waals surface area contributed by atoms with Crippen LogP contribution in [-0.4, -0.2) is 35.5 Å². The molecule has 0 radical (unpaired) electrons. The lowest BCUT2D eigenvalue weighted by atomic mass is 9.33. The van der Waals surface area contributed by atoms with E-state index >= 15 is 0 Å². The third-order valence-electron chi connectivity index (χ3n) is 13.6. The molecule has 0 aromatic rings. The highest BCUT2D eigenvalue weighted by molar-refractivity contribution is 5.76. The van der Waals surface area contributed by atoms with Crippen molar-refractivity contribution in [2.75, 3.05) is 7.11 Å². The average molecular weight is 487 g/mol. The van der Waals surface area contributed by atoms with E-state index in [1.807, 2.05) is 0 Å². The molecule has 5 aliphatic carbocycles. The maximum Gasteiger partial charge on any atom is 0.310 e. The maximum atomic E-state index is 12.8. The minimum atomic E-state index is -0.587. The third kappa shape index (κ3) is 3.02. The van der Waals surface area contributed by atoms with E-state index in [0.717, 1.165) is 44.9 Å². The summed E-state index contributed by atoms with van der Waals surface area (Å²) < 4.78 is 5.88. The topological polar surface area (TPSA) is 66.8 Å². The van der Waals surface area contributed by atoms with Gasteiger partial charge in [0.25, 0.3) is 0 Å². The molecule has 0 aromatic heterocycles. The first-order chi connectivity index (χ1) is 16.2. The first-order valence-electron chi connectivity index (χ1n) is 14.4. The number of aliphatic carboxylic acids is 1. The molecule has 2 N–H and O–H groups in total. The van der Waals surface area contributed by atoms with Gasteiger partial charge >= 0.3 is 5.97 Å². The van der Waals surface area contributed by atoms with Crippen LogP contribution in [0.3, 0.4) is 0 Å². The molecule has 4 nitrogen and oxygen atoms in total. The monoisotopic (exact) mass is 486 g/mol. The van der Waals surface area contributed by atoms with Gasteiger partial charge in [-0.1, -0.05) is 60.1 Å². The fourth-order valence-electron chi connectivity index (χ4n) is 11.4. The van der Waals surface area contributed by atoms with E-state index in [-0.39, 0.29) is 33.7 Å². The van der Waals surface area contributed by atoms with Gasteiger partial charge in [0.05, 0.1) is 17.6 Å². The summed E-state index contributed by atoms with van der Waals surface area (Å²) in [5, 5.41) is 21.8. The summed E-state index contributed by atoms with van der Waals surface area (Å²) >= 11 is 0. The van der Waals surface area contributed by atoms with Gasteiger partial charge in [0.15, 0.2) is 0 Å². The average Bonchev–Trinajstić information content (AvgIpc) is 2.76. The van der Waals surface area contributed by atoms with Gasteiger partial charge in [-0.25, -0.2) is 0 Å². The van der Waals surface area contributed by atoms with Crippen LogP contribution < -0.4 is 0 Å². The highest BCUT2D eigenvalue weighted by Crippen LogP contribution is 2.75. The molecular formula is C31H50O4. The Morgan fingerprint density at radius 2 is 1.69 bits per heavy atom. The zero-order chi connectivity index (χ0) is 25.8. The van der Waals surface area contributed by atoms with Gasteiger partial charge < -0.3 is 14.9 Å². The third-order valence-corrected chi connectivity index (χ3v) is 13.6. The summed E-state index contributed by atoms with van der Waals surface area (Å²) in [4.78, 5) is 12.8. The minimum absolute atomic E-state index is 0.0199. The second-order valence-corrected chi connectivity index (χ2v) is 14.9. The summed E-state index contributed by atoms with van der Waals surface area (Å²) in [6.07, 6.45) is 9.75. The Balaban J connectivity index is 1.61. The molecule has 4 saturated carbocycles. The lowest BCUT2D eigenvalue weighted by Crippen LogP contribution is -2.67. The second-order valence-electron chi connectivity index (χ2n) is 14.9. The number of aliphatic hydroxyl groups is 1. The highest BCUT2D eigenvalue weighted by Gasteiger charge is 2.70. The van der Waals surface area contributed by atoms with Crippen LogP contribution in [0.15, 0.2) is 11.6 Å². The zero-order valence-electron chi connectivity index (χ0n) is 23.5. The number of hydrogen-bond donors (Lipinski definition) is 2. The van der Waals surface area contributed by atoms with Crippen molar-refractivity contribution in [1.29, 1.82) is 0 Å². The van der Waals surface area contributed by atoms with Gasteiger partial charge in [0.2, 0.25) is 0 Å². The molecule has 0 aliphatic heterocycles. The van der Waals surface area contributed by atoms with Crippen molar-refractivity contribution in [3.8, 4) is 0 Å². The molecule has 4 fully saturated rings. The molecule has 0 aromatic carbocycles. The van der Waals surface area contributed by atoms with Crippen molar-refractivity contribution in [3.63, 3.8) is 0 Å². The number of carboxylic acid groups (broad SMARTS) is 1. The highest BCUT2D eigenvalue weighted by atomic mass is 16.5. The van der Waals surface area contributed by atoms with Crippen molar-refractivity contribution in [3.05, 3.63) is 11.6 Å². The fraction of sp³-hybridized carbons (Fsp3) is 0.903. The van der Waals surface area contributed by atoms with Gasteiger partial charge in [-0.3, -0.25) is 4.79 Å². The largest absolute Gasteiger partial charge is 0.481 e. The Morgan fingerprint density at radius 1 is 1.00 bits per heavy atom. The normalized spacial score (nSPS) is 55.0. The minimum Gasteiger partial charge on any atom is -0.481 e. The molecule has 198 valence electrons. The number of hydrogen-bond acceptors (Lipinski definition) is 3. The van der Waals surface area contributed by atoms with E-state index < -0.39 is 17.5 Å². The molecular weight excluding hydrogens is 436 g/mol.